The van der Waals surface area contributed by atoms with Gasteiger partial charge in [-0.1, -0.05) is 0 Å². The van der Waals surface area contributed by atoms with E-state index in [1.165, 1.54) is 109 Å². The van der Waals surface area contributed by atoms with Crippen LogP contribution in [-0.2, 0) is 0 Å². The Morgan fingerprint density at radius 3 is 0.556 bits per heavy atom. The van der Waals surface area contributed by atoms with Gasteiger partial charge >= 0.3 is 0 Å². The minimum absolute atomic E-state index is 0.360. The molecule has 0 bridgehead atoms. The van der Waals surface area contributed by atoms with E-state index in [1.54, 1.807) is 0 Å². The Balaban J connectivity index is 1.28. The van der Waals surface area contributed by atoms with Crippen LogP contribution in [0.3, 0.4) is 0 Å². The molecule has 6 aromatic heterocycles. The lowest BCUT2D eigenvalue weighted by Crippen LogP contribution is -1.92. The van der Waals surface area contributed by atoms with Gasteiger partial charge in [0.15, 0.2) is 0 Å². The quantitative estimate of drug-likeness (QED) is 0.105. The second kappa shape index (κ2) is 14.4. The fourth-order valence-electron chi connectivity index (χ4n) is 5.30. The zero-order valence-electron chi connectivity index (χ0n) is 26.2. The maximum absolute atomic E-state index is 5.55. The molecule has 0 aliphatic rings. The molecule has 10 rings (SSSR count). The standard InChI is InChI=1S/C30H12N12O6S6/c1-13-14(2-20(50-26-38-32-8-44-26)19(1)49-25-37-31-7-43-25)16-4-23(53-29-41-35-11-47-29)24(54-30-42-36-12-48-30)6-18(16)17-5-22(52-28-40-34-10-46-28)21(3-15(13)17)51-27-39-33-9-45-27/h1-12H. The number of rotatable bonds is 12. The number of nitrogens with zero attached hydrogens (tertiary/aromatic N) is 12. The van der Waals surface area contributed by atoms with Crippen LogP contribution in [0, 0.1) is 0 Å². The molecule has 6 heterocycles. The van der Waals surface area contributed by atoms with Crippen LogP contribution < -0.4 is 0 Å². The van der Waals surface area contributed by atoms with Crippen LogP contribution in [0.1, 0.15) is 0 Å². The summed E-state index contributed by atoms with van der Waals surface area (Å²) in [5.74, 6) is 0. The Bertz CT molecular complexity index is 2310. The molecule has 0 radical (unpaired) electrons. The first-order valence-corrected chi connectivity index (χ1v) is 19.8. The molecular formula is C30H12N12O6S6. The van der Waals surface area contributed by atoms with Gasteiger partial charge in [-0.3, -0.25) is 0 Å². The molecule has 0 aliphatic heterocycles. The zero-order chi connectivity index (χ0) is 35.8. The van der Waals surface area contributed by atoms with Crippen LogP contribution in [0.4, 0.5) is 0 Å². The Morgan fingerprint density at radius 1 is 0.259 bits per heavy atom. The van der Waals surface area contributed by atoms with Crippen molar-refractivity contribution in [2.24, 2.45) is 0 Å². The maximum Gasteiger partial charge on any atom is 0.281 e. The van der Waals surface area contributed by atoms with Gasteiger partial charge < -0.3 is 26.5 Å². The van der Waals surface area contributed by atoms with E-state index < -0.39 is 0 Å². The zero-order valence-corrected chi connectivity index (χ0v) is 31.1. The van der Waals surface area contributed by atoms with Gasteiger partial charge in [0.2, 0.25) is 38.4 Å². The summed E-state index contributed by atoms with van der Waals surface area (Å²) in [4.78, 5) is 4.89. The number of benzene rings is 4. The van der Waals surface area contributed by atoms with Crippen LogP contribution in [0.5, 0.6) is 0 Å². The van der Waals surface area contributed by atoms with Crippen molar-refractivity contribution in [3.63, 3.8) is 0 Å². The van der Waals surface area contributed by atoms with E-state index in [-0.39, 0.29) is 0 Å². The van der Waals surface area contributed by atoms with Crippen molar-refractivity contribution in [3.8, 4) is 0 Å². The summed E-state index contributed by atoms with van der Waals surface area (Å²) in [5, 5.41) is 55.7. The monoisotopic (exact) mass is 828 g/mol. The Hall–Kier alpha value is -5.40. The Kier molecular flexibility index (Phi) is 8.88. The minimum atomic E-state index is 0.360. The third kappa shape index (κ3) is 6.66. The molecule has 0 amide bonds. The summed E-state index contributed by atoms with van der Waals surface area (Å²) < 4.78 is 33.3. The van der Waals surface area contributed by atoms with E-state index in [4.69, 9.17) is 26.5 Å². The van der Waals surface area contributed by atoms with Gasteiger partial charge in [-0.15, -0.1) is 61.2 Å². The summed E-state index contributed by atoms with van der Waals surface area (Å²) in [6.07, 6.45) is 7.71. The first-order chi connectivity index (χ1) is 26.7. The van der Waals surface area contributed by atoms with Crippen molar-refractivity contribution >= 4 is 103 Å². The highest BCUT2D eigenvalue weighted by molar-refractivity contribution is 8.03. The van der Waals surface area contributed by atoms with Crippen molar-refractivity contribution in [3.05, 3.63) is 74.8 Å². The van der Waals surface area contributed by atoms with E-state index in [0.717, 1.165) is 61.7 Å². The van der Waals surface area contributed by atoms with Crippen molar-refractivity contribution < 1.29 is 26.5 Å². The molecule has 0 N–H and O–H groups in total. The fraction of sp³-hybridized carbons (Fsp3) is 0. The lowest BCUT2D eigenvalue weighted by molar-refractivity contribution is 0.452. The van der Waals surface area contributed by atoms with E-state index in [9.17, 15) is 0 Å². The SMILES string of the molecule is c1nnc(Sc2cc3c4cc(Sc5nnco5)c(Sc5nnco5)cc4c4cc(Sc5nnco5)c(Sc5nnco5)cc4c3cc2Sc2nnco2)o1. The summed E-state index contributed by atoms with van der Waals surface area (Å²) in [6, 6.07) is 12.5. The molecule has 0 fully saturated rings. The molecule has 18 nitrogen and oxygen atoms in total. The first-order valence-electron chi connectivity index (χ1n) is 14.9. The van der Waals surface area contributed by atoms with Gasteiger partial charge in [0.05, 0.1) is 0 Å². The van der Waals surface area contributed by atoms with Gasteiger partial charge in [-0.25, -0.2) is 0 Å². The third-order valence-electron chi connectivity index (χ3n) is 7.35. The normalized spacial score (nSPS) is 11.8. The fourth-order valence-corrected chi connectivity index (χ4v) is 10.3. The number of hydrogen-bond donors (Lipinski definition) is 0. The van der Waals surface area contributed by atoms with Gasteiger partial charge in [0.1, 0.15) is 0 Å². The summed E-state index contributed by atoms with van der Waals surface area (Å²) in [6.45, 7) is 0. The molecule has 4 aromatic carbocycles. The molecule has 0 atom stereocenters. The average molecular weight is 829 g/mol. The molecule has 0 saturated heterocycles. The van der Waals surface area contributed by atoms with Gasteiger partial charge in [0.25, 0.3) is 31.3 Å². The lowest BCUT2D eigenvalue weighted by atomic mass is 9.94. The van der Waals surface area contributed by atoms with Crippen molar-refractivity contribution in [2.75, 3.05) is 0 Å². The second-order valence-electron chi connectivity index (χ2n) is 10.4. The second-order valence-corrected chi connectivity index (χ2v) is 16.3. The maximum atomic E-state index is 5.55. The van der Waals surface area contributed by atoms with Gasteiger partial charge in [-0.2, -0.15) is 0 Å². The highest BCUT2D eigenvalue weighted by Gasteiger charge is 2.23. The summed E-state index contributed by atoms with van der Waals surface area (Å²) in [5.41, 5.74) is 0. The predicted octanol–water partition coefficient (Wildman–Crippen LogP) is 8.35. The summed E-state index contributed by atoms with van der Waals surface area (Å²) >= 11 is 7.90. The number of hydrogen-bond acceptors (Lipinski definition) is 24. The lowest BCUT2D eigenvalue weighted by Gasteiger charge is -2.18. The third-order valence-corrected chi connectivity index (χ3v) is 13.2. The van der Waals surface area contributed by atoms with Gasteiger partial charge in [-0.05, 0) is 139 Å². The molecule has 54 heavy (non-hydrogen) atoms. The molecule has 0 aliphatic carbocycles. The first kappa shape index (κ1) is 33.2. The number of aromatic nitrogens is 12. The Labute approximate surface area is 324 Å². The topological polar surface area (TPSA) is 234 Å². The number of fused-ring (bicyclic) bond motifs is 6. The van der Waals surface area contributed by atoms with Crippen LogP contribution in [0.25, 0.3) is 32.3 Å². The average Bonchev–Trinajstić information content (AvgIpc) is 4.02. The predicted molar refractivity (Wildman–Crippen MR) is 189 cm³/mol. The van der Waals surface area contributed by atoms with Crippen LogP contribution in [0.15, 0.2) is 162 Å². The molecule has 0 spiro atoms. The van der Waals surface area contributed by atoms with Crippen molar-refractivity contribution in [2.45, 2.75) is 60.7 Å². The Morgan fingerprint density at radius 2 is 0.426 bits per heavy atom. The van der Waals surface area contributed by atoms with E-state index in [1.807, 2.05) is 0 Å². The molecule has 10 aromatic rings. The van der Waals surface area contributed by atoms with Crippen LogP contribution >= 0.6 is 70.6 Å². The largest absolute Gasteiger partial charge is 0.419 e. The molecule has 0 unspecified atom stereocenters. The molecule has 0 saturated carbocycles. The van der Waals surface area contributed by atoms with Crippen molar-refractivity contribution in [1.82, 2.24) is 61.2 Å². The van der Waals surface area contributed by atoms with Gasteiger partial charge in [0, 0.05) is 29.4 Å². The highest BCUT2D eigenvalue weighted by Crippen LogP contribution is 2.50. The molecule has 264 valence electrons. The van der Waals surface area contributed by atoms with E-state index in [0.29, 0.717) is 31.3 Å². The van der Waals surface area contributed by atoms with Crippen LogP contribution in [0.2, 0.25) is 0 Å². The summed E-state index contributed by atoms with van der Waals surface area (Å²) in [7, 11) is 0. The van der Waals surface area contributed by atoms with E-state index in [2.05, 4.69) is 97.6 Å². The molecule has 24 heteroatoms. The highest BCUT2D eigenvalue weighted by atomic mass is 32.2. The van der Waals surface area contributed by atoms with E-state index >= 15 is 0 Å². The minimum Gasteiger partial charge on any atom is -0.419 e. The van der Waals surface area contributed by atoms with Crippen molar-refractivity contribution in [1.29, 1.82) is 0 Å². The smallest absolute Gasteiger partial charge is 0.281 e. The molecular weight excluding hydrogens is 817 g/mol. The van der Waals surface area contributed by atoms with Crippen LogP contribution in [-0.4, -0.2) is 61.2 Å².